The van der Waals surface area contributed by atoms with Crippen LogP contribution in [0.3, 0.4) is 0 Å². The number of rotatable bonds is 6. The van der Waals surface area contributed by atoms with Crippen LogP contribution < -0.4 is 10.6 Å². The zero-order chi connectivity index (χ0) is 21.3. The monoisotopic (exact) mass is 418 g/mol. The first kappa shape index (κ1) is 23.6. The minimum absolute atomic E-state index is 0.0183. The molecule has 2 rings (SSSR count). The molecular weight excluding hydrogens is 397 g/mol. The molecule has 0 aliphatic carbocycles. The van der Waals surface area contributed by atoms with E-state index in [0.717, 1.165) is 0 Å². The lowest BCUT2D eigenvalue weighted by Gasteiger charge is -2.20. The van der Waals surface area contributed by atoms with E-state index in [1.54, 1.807) is 31.2 Å². The van der Waals surface area contributed by atoms with Crippen LogP contribution in [-0.2, 0) is 11.0 Å². The van der Waals surface area contributed by atoms with Crippen LogP contribution in [0.1, 0.15) is 38.1 Å². The summed E-state index contributed by atoms with van der Waals surface area (Å²) in [6, 6.07) is 6.09. The number of hydrogen-bond acceptors (Lipinski definition) is 5. The number of carbonyl (C=O) groups is 1. The molecule has 154 valence electrons. The van der Waals surface area contributed by atoms with Crippen molar-refractivity contribution >= 4 is 29.7 Å². The van der Waals surface area contributed by atoms with Gasteiger partial charge < -0.3 is 15.7 Å². The van der Waals surface area contributed by atoms with E-state index in [1.165, 1.54) is 6.20 Å². The van der Waals surface area contributed by atoms with Crippen molar-refractivity contribution in [2.45, 2.75) is 33.0 Å². The molecule has 0 amide bonds. The molecule has 10 heteroatoms. The highest BCUT2D eigenvalue weighted by atomic mass is 35.5. The molecule has 0 fully saturated rings. The van der Waals surface area contributed by atoms with Gasteiger partial charge in [0.25, 0.3) is 6.47 Å². The first-order valence-corrected chi connectivity index (χ1v) is 8.74. The molecular formula is C18H22ClF3N4O2. The van der Waals surface area contributed by atoms with E-state index in [2.05, 4.69) is 20.6 Å². The Bertz CT molecular complexity index is 773. The first-order chi connectivity index (χ1) is 13.1. The largest absolute Gasteiger partial charge is 0.483 e. The van der Waals surface area contributed by atoms with E-state index >= 15 is 0 Å². The predicted molar refractivity (Wildman–Crippen MR) is 102 cm³/mol. The highest BCUT2D eigenvalue weighted by Crippen LogP contribution is 2.33. The maximum Gasteiger partial charge on any atom is 0.433 e. The van der Waals surface area contributed by atoms with Gasteiger partial charge >= 0.3 is 6.18 Å². The third-order valence-corrected chi connectivity index (χ3v) is 3.70. The molecule has 28 heavy (non-hydrogen) atoms. The Morgan fingerprint density at radius 2 is 1.93 bits per heavy atom. The third kappa shape index (κ3) is 7.69. The second-order valence-corrected chi connectivity index (χ2v) is 6.70. The molecule has 1 aromatic heterocycles. The van der Waals surface area contributed by atoms with Crippen LogP contribution in [0.25, 0.3) is 0 Å². The van der Waals surface area contributed by atoms with Crippen LogP contribution in [0, 0.1) is 5.92 Å². The third-order valence-electron chi connectivity index (χ3n) is 3.47. The van der Waals surface area contributed by atoms with E-state index in [4.69, 9.17) is 21.5 Å². The molecule has 0 spiro atoms. The molecule has 6 nitrogen and oxygen atoms in total. The lowest BCUT2D eigenvalue weighted by molar-refractivity contribution is -0.142. The highest BCUT2D eigenvalue weighted by molar-refractivity contribution is 6.30. The van der Waals surface area contributed by atoms with Gasteiger partial charge in [0.05, 0.1) is 0 Å². The Hall–Kier alpha value is -2.39. The summed E-state index contributed by atoms with van der Waals surface area (Å²) in [5, 5.41) is 13.2. The summed E-state index contributed by atoms with van der Waals surface area (Å²) in [5.74, 6) is 0.191. The summed E-state index contributed by atoms with van der Waals surface area (Å²) in [6.45, 7) is 5.99. The van der Waals surface area contributed by atoms with Crippen molar-refractivity contribution in [3.05, 3.63) is 46.7 Å². The van der Waals surface area contributed by atoms with Crippen LogP contribution in [0.15, 0.2) is 30.5 Å². The van der Waals surface area contributed by atoms with Crippen molar-refractivity contribution in [3.8, 4) is 0 Å². The maximum atomic E-state index is 13.4. The zero-order valence-electron chi connectivity index (χ0n) is 15.6. The summed E-state index contributed by atoms with van der Waals surface area (Å²) >= 11 is 5.87. The highest BCUT2D eigenvalue weighted by Gasteiger charge is 2.37. The average Bonchev–Trinajstić information content (AvgIpc) is 2.59. The standard InChI is InChI=1S/C17H20ClF3N4.CH2O2/c1-10(2)8-22-11(3)14-9-23-16(25-15(14)17(19,20)21)24-13-6-4-5-12(18)7-13;2-1-3/h4-7,9-11,22H,8H2,1-3H3,(H,23,24,25);1H,(H,2,3). The molecule has 0 radical (unpaired) electrons. The van der Waals surface area contributed by atoms with Gasteiger partial charge in [0, 0.05) is 28.5 Å². The Balaban J connectivity index is 0.00000122. The van der Waals surface area contributed by atoms with Gasteiger partial charge in [0.1, 0.15) is 0 Å². The quantitative estimate of drug-likeness (QED) is 0.578. The molecule has 0 saturated carbocycles. The number of aromatic nitrogens is 2. The van der Waals surface area contributed by atoms with Gasteiger partial charge in [-0.3, -0.25) is 4.79 Å². The van der Waals surface area contributed by atoms with Crippen LogP contribution in [-0.4, -0.2) is 28.1 Å². The van der Waals surface area contributed by atoms with Gasteiger partial charge in [-0.2, -0.15) is 13.2 Å². The molecule has 1 heterocycles. The fourth-order valence-corrected chi connectivity index (χ4v) is 2.40. The topological polar surface area (TPSA) is 87.1 Å². The smallest absolute Gasteiger partial charge is 0.433 e. The number of carboxylic acid groups (broad SMARTS) is 1. The second-order valence-electron chi connectivity index (χ2n) is 6.26. The van der Waals surface area contributed by atoms with Crippen LogP contribution in [0.4, 0.5) is 24.8 Å². The fourth-order valence-electron chi connectivity index (χ4n) is 2.21. The average molecular weight is 419 g/mol. The summed E-state index contributed by atoms with van der Waals surface area (Å²) in [5.41, 5.74) is -0.417. The molecule has 0 aliphatic heterocycles. The SMILES string of the molecule is CC(C)CNC(C)c1cnc(Nc2cccc(Cl)c2)nc1C(F)(F)F.O=CO. The minimum atomic E-state index is -4.57. The predicted octanol–water partition coefficient (Wildman–Crippen LogP) is 4.90. The lowest BCUT2D eigenvalue weighted by atomic mass is 10.1. The summed E-state index contributed by atoms with van der Waals surface area (Å²) < 4.78 is 40.3. The summed E-state index contributed by atoms with van der Waals surface area (Å²) in [7, 11) is 0. The molecule has 1 unspecified atom stereocenters. The zero-order valence-corrected chi connectivity index (χ0v) is 16.3. The normalized spacial score (nSPS) is 12.1. The Morgan fingerprint density at radius 3 is 2.46 bits per heavy atom. The second kappa shape index (κ2) is 10.8. The Kier molecular flexibility index (Phi) is 9.14. The van der Waals surface area contributed by atoms with Crippen LogP contribution >= 0.6 is 11.6 Å². The number of anilines is 2. The Labute approximate surface area is 166 Å². The first-order valence-electron chi connectivity index (χ1n) is 8.36. The number of alkyl halides is 3. The summed E-state index contributed by atoms with van der Waals surface area (Å²) in [6.07, 6.45) is -3.36. The van der Waals surface area contributed by atoms with Gasteiger partial charge in [-0.15, -0.1) is 0 Å². The number of halogens is 4. The molecule has 1 aromatic carbocycles. The molecule has 3 N–H and O–H groups in total. The van der Waals surface area contributed by atoms with E-state index < -0.39 is 17.9 Å². The lowest BCUT2D eigenvalue weighted by Crippen LogP contribution is -2.26. The van der Waals surface area contributed by atoms with Gasteiger partial charge in [-0.05, 0) is 37.6 Å². The molecule has 0 saturated heterocycles. The molecule has 0 aliphatic rings. The van der Waals surface area contributed by atoms with Gasteiger partial charge in [0.2, 0.25) is 5.95 Å². The van der Waals surface area contributed by atoms with E-state index in [0.29, 0.717) is 23.2 Å². The van der Waals surface area contributed by atoms with E-state index in [9.17, 15) is 13.2 Å². The number of benzene rings is 1. The maximum absolute atomic E-state index is 13.4. The molecule has 2 aromatic rings. The number of nitrogens with one attached hydrogen (secondary N) is 2. The Morgan fingerprint density at radius 1 is 1.29 bits per heavy atom. The van der Waals surface area contributed by atoms with Gasteiger partial charge in [-0.25, -0.2) is 9.97 Å². The molecule has 1 atom stereocenters. The molecule has 0 bridgehead atoms. The van der Waals surface area contributed by atoms with Crippen molar-refractivity contribution in [2.24, 2.45) is 5.92 Å². The van der Waals surface area contributed by atoms with Gasteiger partial charge in [0.15, 0.2) is 5.69 Å². The van der Waals surface area contributed by atoms with Gasteiger partial charge in [-0.1, -0.05) is 31.5 Å². The number of nitrogens with zero attached hydrogens (tertiary/aromatic N) is 2. The minimum Gasteiger partial charge on any atom is -0.483 e. The van der Waals surface area contributed by atoms with E-state index in [1.807, 2.05) is 13.8 Å². The van der Waals surface area contributed by atoms with Crippen LogP contribution in [0.5, 0.6) is 0 Å². The van der Waals surface area contributed by atoms with E-state index in [-0.39, 0.29) is 18.0 Å². The number of hydrogen-bond donors (Lipinski definition) is 3. The van der Waals surface area contributed by atoms with Crippen LogP contribution in [0.2, 0.25) is 5.02 Å². The van der Waals surface area contributed by atoms with Crippen molar-refractivity contribution in [2.75, 3.05) is 11.9 Å². The van der Waals surface area contributed by atoms with Crippen molar-refractivity contribution < 1.29 is 23.1 Å². The van der Waals surface area contributed by atoms with Crippen molar-refractivity contribution in [1.82, 2.24) is 15.3 Å². The van der Waals surface area contributed by atoms with Crippen molar-refractivity contribution in [3.63, 3.8) is 0 Å². The van der Waals surface area contributed by atoms with Crippen molar-refractivity contribution in [1.29, 1.82) is 0 Å². The summed E-state index contributed by atoms with van der Waals surface area (Å²) in [4.78, 5) is 16.1. The fraction of sp³-hybridized carbons (Fsp3) is 0.389.